The molecule has 2 N–H and O–H groups in total. The van der Waals surface area contributed by atoms with Gasteiger partial charge >= 0.3 is 12.0 Å². The van der Waals surface area contributed by atoms with Crippen molar-refractivity contribution in [3.05, 3.63) is 22.4 Å². The maximum absolute atomic E-state index is 11.7. The van der Waals surface area contributed by atoms with Gasteiger partial charge in [0, 0.05) is 11.4 Å². The molecular formula is C14H18N2O6S2. The third-order valence-electron chi connectivity index (χ3n) is 3.40. The molecule has 1 aliphatic heterocycles. The Morgan fingerprint density at radius 2 is 2.12 bits per heavy atom. The molecule has 1 aliphatic rings. The van der Waals surface area contributed by atoms with E-state index in [9.17, 15) is 22.8 Å². The summed E-state index contributed by atoms with van der Waals surface area (Å²) >= 11 is 1.57. The number of thiophene rings is 1. The number of carbonyl (C=O) groups is 3. The SMILES string of the molecule is O=C(COC(=O)C1CCS(=O)(=O)C1)NC(=O)NCCc1cccs1. The van der Waals surface area contributed by atoms with Crippen molar-refractivity contribution in [2.45, 2.75) is 12.8 Å². The fourth-order valence-corrected chi connectivity index (χ4v) is 4.63. The first-order valence-corrected chi connectivity index (χ1v) is 10.0. The molecule has 0 spiro atoms. The van der Waals surface area contributed by atoms with Crippen LogP contribution in [0, 0.1) is 5.92 Å². The van der Waals surface area contributed by atoms with E-state index in [1.807, 2.05) is 22.8 Å². The van der Waals surface area contributed by atoms with Crippen LogP contribution in [0.3, 0.4) is 0 Å². The minimum Gasteiger partial charge on any atom is -0.455 e. The molecule has 0 aromatic carbocycles. The van der Waals surface area contributed by atoms with E-state index in [0.717, 1.165) is 4.88 Å². The highest BCUT2D eigenvalue weighted by Crippen LogP contribution is 2.19. The van der Waals surface area contributed by atoms with Gasteiger partial charge in [-0.1, -0.05) is 6.07 Å². The minimum absolute atomic E-state index is 0.0500. The van der Waals surface area contributed by atoms with E-state index in [4.69, 9.17) is 4.74 Å². The molecule has 0 aliphatic carbocycles. The second kappa shape index (κ2) is 8.25. The van der Waals surface area contributed by atoms with Crippen LogP contribution in [0.15, 0.2) is 17.5 Å². The second-order valence-electron chi connectivity index (χ2n) is 5.34. The Kier molecular flexibility index (Phi) is 6.32. The Labute approximate surface area is 143 Å². The number of ether oxygens (including phenoxy) is 1. The number of urea groups is 1. The van der Waals surface area contributed by atoms with Gasteiger partial charge < -0.3 is 10.1 Å². The maximum Gasteiger partial charge on any atom is 0.321 e. The summed E-state index contributed by atoms with van der Waals surface area (Å²) in [5.74, 6) is -2.54. The van der Waals surface area contributed by atoms with Crippen LogP contribution < -0.4 is 10.6 Å². The van der Waals surface area contributed by atoms with Crippen molar-refractivity contribution in [3.63, 3.8) is 0 Å². The van der Waals surface area contributed by atoms with Crippen LogP contribution in [0.25, 0.3) is 0 Å². The summed E-state index contributed by atoms with van der Waals surface area (Å²) in [5.41, 5.74) is 0. The molecule has 0 radical (unpaired) electrons. The van der Waals surface area contributed by atoms with Crippen molar-refractivity contribution in [3.8, 4) is 0 Å². The summed E-state index contributed by atoms with van der Waals surface area (Å²) in [6.45, 7) is -0.243. The van der Waals surface area contributed by atoms with Crippen molar-refractivity contribution < 1.29 is 27.5 Å². The number of carbonyl (C=O) groups excluding carboxylic acids is 3. The summed E-state index contributed by atoms with van der Waals surface area (Å²) in [7, 11) is -3.19. The van der Waals surface area contributed by atoms with E-state index >= 15 is 0 Å². The van der Waals surface area contributed by atoms with Crippen LogP contribution in [0.1, 0.15) is 11.3 Å². The van der Waals surface area contributed by atoms with Crippen molar-refractivity contribution in [2.24, 2.45) is 5.92 Å². The molecule has 1 aromatic rings. The lowest BCUT2D eigenvalue weighted by molar-refractivity contribution is -0.151. The van der Waals surface area contributed by atoms with Gasteiger partial charge in [-0.15, -0.1) is 11.3 Å². The first-order valence-electron chi connectivity index (χ1n) is 7.33. The van der Waals surface area contributed by atoms with E-state index in [0.29, 0.717) is 13.0 Å². The lowest BCUT2D eigenvalue weighted by atomic mass is 10.1. The average molecular weight is 374 g/mol. The van der Waals surface area contributed by atoms with Crippen molar-refractivity contribution in [2.75, 3.05) is 24.7 Å². The lowest BCUT2D eigenvalue weighted by Gasteiger charge is -2.09. The Hall–Kier alpha value is -1.94. The molecule has 132 valence electrons. The number of amides is 3. The van der Waals surface area contributed by atoms with Crippen LogP contribution in [0.4, 0.5) is 4.79 Å². The fourth-order valence-electron chi connectivity index (χ4n) is 2.20. The molecule has 3 amide bonds. The third-order valence-corrected chi connectivity index (χ3v) is 6.11. The summed E-state index contributed by atoms with van der Waals surface area (Å²) in [6.07, 6.45) is 0.858. The largest absolute Gasteiger partial charge is 0.455 e. The molecule has 24 heavy (non-hydrogen) atoms. The van der Waals surface area contributed by atoms with Gasteiger partial charge in [-0.25, -0.2) is 13.2 Å². The molecule has 2 heterocycles. The average Bonchev–Trinajstić information content (AvgIpc) is 3.14. The van der Waals surface area contributed by atoms with E-state index in [2.05, 4.69) is 5.32 Å². The highest BCUT2D eigenvalue weighted by molar-refractivity contribution is 7.91. The maximum atomic E-state index is 11.7. The van der Waals surface area contributed by atoms with Crippen molar-refractivity contribution in [1.82, 2.24) is 10.6 Å². The molecule has 1 fully saturated rings. The zero-order valence-electron chi connectivity index (χ0n) is 12.8. The van der Waals surface area contributed by atoms with Gasteiger partial charge in [-0.3, -0.25) is 14.9 Å². The zero-order valence-corrected chi connectivity index (χ0v) is 14.5. The van der Waals surface area contributed by atoms with E-state index in [1.54, 1.807) is 11.3 Å². The summed E-state index contributed by atoms with van der Waals surface area (Å²) in [6, 6.07) is 3.18. The molecule has 1 unspecified atom stereocenters. The van der Waals surface area contributed by atoms with Crippen molar-refractivity contribution >= 4 is 39.1 Å². The topological polar surface area (TPSA) is 119 Å². The van der Waals surface area contributed by atoms with Crippen LogP contribution >= 0.6 is 11.3 Å². The summed E-state index contributed by atoms with van der Waals surface area (Å²) in [5, 5.41) is 6.50. The standard InChI is InChI=1S/C14H18N2O6S2/c17-12(8-22-13(18)10-4-7-24(20,21)9-10)16-14(19)15-5-3-11-2-1-6-23-11/h1-2,6,10H,3-5,7-9H2,(H2,15,16,17,19). The number of hydrogen-bond donors (Lipinski definition) is 2. The summed E-state index contributed by atoms with van der Waals surface area (Å²) in [4.78, 5) is 35.8. The van der Waals surface area contributed by atoms with E-state index in [1.165, 1.54) is 0 Å². The van der Waals surface area contributed by atoms with Crippen molar-refractivity contribution in [1.29, 1.82) is 0 Å². The zero-order chi connectivity index (χ0) is 17.6. The lowest BCUT2D eigenvalue weighted by Crippen LogP contribution is -2.42. The number of imide groups is 1. The second-order valence-corrected chi connectivity index (χ2v) is 8.60. The number of esters is 1. The molecule has 1 atom stereocenters. The molecule has 2 rings (SSSR count). The van der Waals surface area contributed by atoms with Crippen LogP contribution in [-0.2, 0) is 30.6 Å². The number of sulfone groups is 1. The quantitative estimate of drug-likeness (QED) is 0.682. The highest BCUT2D eigenvalue weighted by atomic mass is 32.2. The minimum atomic E-state index is -3.19. The third kappa shape index (κ3) is 5.93. The van der Waals surface area contributed by atoms with Gasteiger partial charge in [-0.05, 0) is 24.3 Å². The fraction of sp³-hybridized carbons (Fsp3) is 0.500. The summed E-state index contributed by atoms with van der Waals surface area (Å²) < 4.78 is 27.3. The first-order chi connectivity index (χ1) is 11.4. The smallest absolute Gasteiger partial charge is 0.321 e. The normalized spacial score (nSPS) is 18.8. The van der Waals surface area contributed by atoms with Crippen LogP contribution in [0.2, 0.25) is 0 Å². The van der Waals surface area contributed by atoms with Gasteiger partial charge in [0.2, 0.25) is 0 Å². The molecular weight excluding hydrogens is 356 g/mol. The van der Waals surface area contributed by atoms with Gasteiger partial charge in [0.15, 0.2) is 16.4 Å². The molecule has 0 bridgehead atoms. The first kappa shape index (κ1) is 18.4. The van der Waals surface area contributed by atoms with Gasteiger partial charge in [-0.2, -0.15) is 0 Å². The predicted molar refractivity (Wildman–Crippen MR) is 87.3 cm³/mol. The molecule has 10 heteroatoms. The van der Waals surface area contributed by atoms with Crippen LogP contribution in [-0.4, -0.2) is 51.0 Å². The Morgan fingerprint density at radius 1 is 1.33 bits per heavy atom. The Bertz CT molecular complexity index is 699. The Morgan fingerprint density at radius 3 is 2.75 bits per heavy atom. The molecule has 1 aromatic heterocycles. The molecule has 8 nitrogen and oxygen atoms in total. The molecule has 0 saturated carbocycles. The monoisotopic (exact) mass is 374 g/mol. The highest BCUT2D eigenvalue weighted by Gasteiger charge is 2.34. The predicted octanol–water partition coefficient (Wildman–Crippen LogP) is 0.0943. The molecule has 1 saturated heterocycles. The number of nitrogens with one attached hydrogen (secondary N) is 2. The Balaban J connectivity index is 1.62. The number of rotatable bonds is 6. The van der Waals surface area contributed by atoms with Crippen LogP contribution in [0.5, 0.6) is 0 Å². The van der Waals surface area contributed by atoms with E-state index in [-0.39, 0.29) is 17.9 Å². The van der Waals surface area contributed by atoms with E-state index < -0.39 is 40.3 Å². The van der Waals surface area contributed by atoms with Gasteiger partial charge in [0.25, 0.3) is 5.91 Å². The number of hydrogen-bond acceptors (Lipinski definition) is 7. The van der Waals surface area contributed by atoms with Gasteiger partial charge in [0.1, 0.15) is 0 Å². The van der Waals surface area contributed by atoms with Gasteiger partial charge in [0.05, 0.1) is 17.4 Å².